The van der Waals surface area contributed by atoms with E-state index in [1.165, 1.54) is 41.9 Å². The van der Waals surface area contributed by atoms with Crippen molar-refractivity contribution < 1.29 is 22.7 Å². The molecular formula is C22H27N3O5S. The Bertz CT molecular complexity index is 1050. The molecule has 0 atom stereocenters. The minimum Gasteiger partial charge on any atom is -0.493 e. The molecule has 0 radical (unpaired) electrons. The lowest BCUT2D eigenvalue weighted by Crippen LogP contribution is -2.30. The van der Waals surface area contributed by atoms with Gasteiger partial charge in [0, 0.05) is 18.7 Å². The number of carbonyl (C=O) groups is 1. The Kier molecular flexibility index (Phi) is 8.77. The van der Waals surface area contributed by atoms with Crippen LogP contribution in [0.1, 0.15) is 29.8 Å². The van der Waals surface area contributed by atoms with Gasteiger partial charge in [-0.25, -0.2) is 13.8 Å². The molecule has 0 saturated carbocycles. The molecular weight excluding hydrogens is 418 g/mol. The smallest absolute Gasteiger partial charge is 0.271 e. The van der Waals surface area contributed by atoms with Crippen LogP contribution in [0.5, 0.6) is 11.5 Å². The number of benzene rings is 2. The third-order valence-electron chi connectivity index (χ3n) is 4.36. The fourth-order valence-corrected chi connectivity index (χ4v) is 4.28. The van der Waals surface area contributed by atoms with Gasteiger partial charge < -0.3 is 9.47 Å². The molecule has 0 aliphatic rings. The van der Waals surface area contributed by atoms with E-state index in [0.29, 0.717) is 36.8 Å². The predicted octanol–water partition coefficient (Wildman–Crippen LogP) is 3.05. The van der Waals surface area contributed by atoms with Crippen molar-refractivity contribution in [2.24, 2.45) is 5.10 Å². The number of amides is 1. The van der Waals surface area contributed by atoms with Gasteiger partial charge in [-0.05, 0) is 42.0 Å². The monoisotopic (exact) mass is 445 g/mol. The Morgan fingerprint density at radius 2 is 1.90 bits per heavy atom. The first-order chi connectivity index (χ1) is 14.9. The zero-order valence-electron chi connectivity index (χ0n) is 17.9. The Labute approximate surface area is 183 Å². The fraction of sp³-hybridized carbons (Fsp3) is 0.273. The van der Waals surface area contributed by atoms with Crippen LogP contribution in [0.25, 0.3) is 0 Å². The van der Waals surface area contributed by atoms with E-state index in [9.17, 15) is 13.2 Å². The largest absolute Gasteiger partial charge is 0.493 e. The molecule has 2 aromatic carbocycles. The second-order valence-electron chi connectivity index (χ2n) is 6.33. The van der Waals surface area contributed by atoms with Crippen LogP contribution in [0, 0.1) is 0 Å². The van der Waals surface area contributed by atoms with E-state index in [1.54, 1.807) is 38.1 Å². The molecule has 0 saturated heterocycles. The Hall–Kier alpha value is -3.17. The van der Waals surface area contributed by atoms with Gasteiger partial charge in [0.05, 0.1) is 18.2 Å². The molecule has 0 aromatic heterocycles. The summed E-state index contributed by atoms with van der Waals surface area (Å²) in [7, 11) is -2.13. The zero-order chi connectivity index (χ0) is 22.9. The van der Waals surface area contributed by atoms with Gasteiger partial charge in [-0.15, -0.1) is 0 Å². The number of hydrogen-bond acceptors (Lipinski definition) is 6. The summed E-state index contributed by atoms with van der Waals surface area (Å²) in [5, 5.41) is 3.95. The van der Waals surface area contributed by atoms with Crippen molar-refractivity contribution in [3.05, 3.63) is 66.2 Å². The average Bonchev–Trinajstić information content (AvgIpc) is 2.78. The number of carbonyl (C=O) groups excluding carboxylic acids is 1. The SMILES string of the molecule is C=CCOc1ccc(/C=N/NC(=O)c2cccc(S(=O)(=O)N(CC)CC)c2)cc1OC. The molecule has 0 spiro atoms. The van der Waals surface area contributed by atoms with Crippen LogP contribution < -0.4 is 14.9 Å². The van der Waals surface area contributed by atoms with E-state index in [4.69, 9.17) is 9.47 Å². The van der Waals surface area contributed by atoms with Gasteiger partial charge in [0.1, 0.15) is 6.61 Å². The number of hydrogen-bond donors (Lipinski definition) is 1. The van der Waals surface area contributed by atoms with Gasteiger partial charge in [-0.1, -0.05) is 32.6 Å². The number of nitrogens with one attached hydrogen (secondary N) is 1. The summed E-state index contributed by atoms with van der Waals surface area (Å²) in [4.78, 5) is 12.5. The van der Waals surface area contributed by atoms with Crippen LogP contribution in [-0.4, -0.2) is 51.7 Å². The van der Waals surface area contributed by atoms with E-state index < -0.39 is 15.9 Å². The predicted molar refractivity (Wildman–Crippen MR) is 120 cm³/mol. The summed E-state index contributed by atoms with van der Waals surface area (Å²) in [6, 6.07) is 11.1. The van der Waals surface area contributed by atoms with E-state index in [2.05, 4.69) is 17.1 Å². The number of nitrogens with zero attached hydrogens (tertiary/aromatic N) is 2. The molecule has 0 bridgehead atoms. The number of ether oxygens (including phenoxy) is 2. The fourth-order valence-electron chi connectivity index (χ4n) is 2.77. The van der Waals surface area contributed by atoms with Crippen molar-refractivity contribution in [2.45, 2.75) is 18.7 Å². The van der Waals surface area contributed by atoms with E-state index in [-0.39, 0.29) is 10.5 Å². The number of rotatable bonds is 11. The molecule has 8 nitrogen and oxygen atoms in total. The highest BCUT2D eigenvalue weighted by molar-refractivity contribution is 7.89. The Morgan fingerprint density at radius 3 is 2.55 bits per heavy atom. The van der Waals surface area contributed by atoms with Crippen LogP contribution >= 0.6 is 0 Å². The molecule has 166 valence electrons. The minimum absolute atomic E-state index is 0.0627. The molecule has 9 heteroatoms. The van der Waals surface area contributed by atoms with Gasteiger partial charge in [0.2, 0.25) is 10.0 Å². The van der Waals surface area contributed by atoms with Crippen LogP contribution in [0.15, 0.2) is 65.1 Å². The van der Waals surface area contributed by atoms with Crippen molar-refractivity contribution in [3.63, 3.8) is 0 Å². The molecule has 0 aliphatic heterocycles. The normalized spacial score (nSPS) is 11.5. The van der Waals surface area contributed by atoms with Gasteiger partial charge in [-0.3, -0.25) is 4.79 Å². The molecule has 2 rings (SSSR count). The maximum Gasteiger partial charge on any atom is 0.271 e. The third-order valence-corrected chi connectivity index (χ3v) is 6.41. The van der Waals surface area contributed by atoms with Crippen molar-refractivity contribution in [1.82, 2.24) is 9.73 Å². The molecule has 0 aliphatic carbocycles. The lowest BCUT2D eigenvalue weighted by molar-refractivity contribution is 0.0955. The summed E-state index contributed by atoms with van der Waals surface area (Å²) < 4.78 is 37.4. The molecule has 1 N–H and O–H groups in total. The van der Waals surface area contributed by atoms with E-state index in [1.807, 2.05) is 0 Å². The highest BCUT2D eigenvalue weighted by Crippen LogP contribution is 2.27. The lowest BCUT2D eigenvalue weighted by atomic mass is 10.2. The first-order valence-electron chi connectivity index (χ1n) is 9.72. The second kappa shape index (κ2) is 11.3. The first kappa shape index (κ1) is 24.1. The van der Waals surface area contributed by atoms with Crippen molar-refractivity contribution in [2.75, 3.05) is 26.8 Å². The topological polar surface area (TPSA) is 97.3 Å². The van der Waals surface area contributed by atoms with Gasteiger partial charge in [-0.2, -0.15) is 9.41 Å². The third kappa shape index (κ3) is 6.16. The molecule has 0 heterocycles. The average molecular weight is 446 g/mol. The highest BCUT2D eigenvalue weighted by atomic mass is 32.2. The second-order valence-corrected chi connectivity index (χ2v) is 8.26. The van der Waals surface area contributed by atoms with Crippen molar-refractivity contribution in [3.8, 4) is 11.5 Å². The van der Waals surface area contributed by atoms with Gasteiger partial charge >= 0.3 is 0 Å². The van der Waals surface area contributed by atoms with E-state index >= 15 is 0 Å². The summed E-state index contributed by atoms with van der Waals surface area (Å²) in [6.45, 7) is 8.18. The molecule has 2 aromatic rings. The summed E-state index contributed by atoms with van der Waals surface area (Å²) >= 11 is 0. The minimum atomic E-state index is -3.66. The Balaban J connectivity index is 2.13. The van der Waals surface area contributed by atoms with Gasteiger partial charge in [0.15, 0.2) is 11.5 Å². The molecule has 1 amide bonds. The Morgan fingerprint density at radius 1 is 1.16 bits per heavy atom. The summed E-state index contributed by atoms with van der Waals surface area (Å²) in [5.74, 6) is 0.562. The number of hydrazone groups is 1. The number of methoxy groups -OCH3 is 1. The lowest BCUT2D eigenvalue weighted by Gasteiger charge is -2.18. The summed E-state index contributed by atoms with van der Waals surface area (Å²) in [6.07, 6.45) is 3.08. The first-order valence-corrected chi connectivity index (χ1v) is 11.2. The standard InChI is InChI=1S/C22H27N3O5S/c1-5-13-30-20-12-11-17(14-21(20)29-4)16-23-24-22(26)18-9-8-10-19(15-18)31(27,28)25(6-2)7-3/h5,8-12,14-16H,1,6-7,13H2,2-4H3,(H,24,26)/b23-16+. The molecule has 0 fully saturated rings. The highest BCUT2D eigenvalue weighted by Gasteiger charge is 2.22. The van der Waals surface area contributed by atoms with Crippen LogP contribution in [0.3, 0.4) is 0 Å². The summed E-state index contributed by atoms with van der Waals surface area (Å²) in [5.41, 5.74) is 3.28. The van der Waals surface area contributed by atoms with Gasteiger partial charge in [0.25, 0.3) is 5.91 Å². The maximum absolute atomic E-state index is 12.7. The molecule has 0 unspecified atom stereocenters. The van der Waals surface area contributed by atoms with Crippen molar-refractivity contribution >= 4 is 22.1 Å². The van der Waals surface area contributed by atoms with Crippen LogP contribution in [-0.2, 0) is 10.0 Å². The molecule has 31 heavy (non-hydrogen) atoms. The van der Waals surface area contributed by atoms with Crippen molar-refractivity contribution in [1.29, 1.82) is 0 Å². The van der Waals surface area contributed by atoms with E-state index in [0.717, 1.165) is 0 Å². The number of sulfonamides is 1. The van der Waals surface area contributed by atoms with Crippen LogP contribution in [0.2, 0.25) is 0 Å². The zero-order valence-corrected chi connectivity index (χ0v) is 18.7. The quantitative estimate of drug-likeness (QED) is 0.326. The van der Waals surface area contributed by atoms with Crippen LogP contribution in [0.4, 0.5) is 0 Å². The maximum atomic E-state index is 12.7.